The van der Waals surface area contributed by atoms with Crippen molar-refractivity contribution in [3.8, 4) is 0 Å². The Morgan fingerprint density at radius 3 is 2.38 bits per heavy atom. The highest BCUT2D eigenvalue weighted by atomic mass is 16.5. The van der Waals surface area contributed by atoms with Crippen molar-refractivity contribution < 1.29 is 4.52 Å². The minimum Gasteiger partial charge on any atom is -0.340 e. The van der Waals surface area contributed by atoms with Gasteiger partial charge in [-0.05, 0) is 75.5 Å². The topological polar surface area (TPSA) is 60.0 Å². The third kappa shape index (κ3) is 2.91. The zero-order valence-corrected chi connectivity index (χ0v) is 17.3. The first-order chi connectivity index (χ1) is 14.1. The lowest BCUT2D eigenvalue weighted by atomic mass is 9.53. The third-order valence-electron chi connectivity index (χ3n) is 7.50. The minimum atomic E-state index is 0.268. The first-order valence-electron chi connectivity index (χ1n) is 11.0. The average molecular weight is 392 g/mol. The van der Waals surface area contributed by atoms with Gasteiger partial charge in [0.25, 0.3) is 0 Å². The number of aromatic nitrogens is 4. The fourth-order valence-electron chi connectivity index (χ4n) is 6.99. The molecule has 0 saturated heterocycles. The summed E-state index contributed by atoms with van der Waals surface area (Å²) in [7, 11) is 2.12. The van der Waals surface area contributed by atoms with Gasteiger partial charge in [0.1, 0.15) is 5.82 Å². The van der Waals surface area contributed by atoms with Crippen LogP contribution in [-0.4, -0.2) is 31.6 Å². The van der Waals surface area contributed by atoms with Gasteiger partial charge in [-0.3, -0.25) is 4.90 Å². The van der Waals surface area contributed by atoms with Gasteiger partial charge in [0.15, 0.2) is 5.82 Å². The molecule has 0 N–H and O–H groups in total. The molecule has 1 aromatic carbocycles. The molecule has 29 heavy (non-hydrogen) atoms. The summed E-state index contributed by atoms with van der Waals surface area (Å²) in [6.07, 6.45) is 8.37. The molecule has 6 heteroatoms. The third-order valence-corrected chi connectivity index (χ3v) is 7.50. The SMILES string of the molecule is Cc1nc(CN(C)Cc2nc3ccccc3n2C23CC4CC(CC(C4)C2)C3)no1. The van der Waals surface area contributed by atoms with Crippen LogP contribution in [0.25, 0.3) is 11.0 Å². The number of hydrogen-bond acceptors (Lipinski definition) is 5. The van der Waals surface area contributed by atoms with Crippen molar-refractivity contribution in [2.24, 2.45) is 17.8 Å². The summed E-state index contributed by atoms with van der Waals surface area (Å²) < 4.78 is 7.80. The molecule has 4 aliphatic carbocycles. The van der Waals surface area contributed by atoms with Gasteiger partial charge < -0.3 is 9.09 Å². The van der Waals surface area contributed by atoms with Crippen molar-refractivity contribution in [1.82, 2.24) is 24.6 Å². The highest BCUT2D eigenvalue weighted by Crippen LogP contribution is 2.59. The number of imidazole rings is 1. The summed E-state index contributed by atoms with van der Waals surface area (Å²) in [5.74, 6) is 5.29. The molecule has 4 aliphatic rings. The van der Waals surface area contributed by atoms with Crippen molar-refractivity contribution in [3.05, 3.63) is 41.8 Å². The van der Waals surface area contributed by atoms with Crippen LogP contribution in [0.15, 0.2) is 28.8 Å². The molecule has 0 aliphatic heterocycles. The molecule has 0 radical (unpaired) electrons. The minimum absolute atomic E-state index is 0.268. The molecule has 4 fully saturated rings. The van der Waals surface area contributed by atoms with E-state index >= 15 is 0 Å². The predicted octanol–water partition coefficient (Wildman–Crippen LogP) is 4.29. The number of hydrogen-bond donors (Lipinski definition) is 0. The van der Waals surface area contributed by atoms with Crippen molar-refractivity contribution >= 4 is 11.0 Å². The number of aryl methyl sites for hydroxylation is 1. The van der Waals surface area contributed by atoms with Crippen molar-refractivity contribution in [3.63, 3.8) is 0 Å². The van der Waals surface area contributed by atoms with Gasteiger partial charge in [-0.15, -0.1) is 0 Å². The highest BCUT2D eigenvalue weighted by molar-refractivity contribution is 5.76. The zero-order chi connectivity index (χ0) is 19.6. The van der Waals surface area contributed by atoms with Crippen LogP contribution in [0.1, 0.15) is 56.1 Å². The van der Waals surface area contributed by atoms with E-state index in [2.05, 4.69) is 50.9 Å². The molecule has 152 valence electrons. The Bertz CT molecular complexity index is 1020. The van der Waals surface area contributed by atoms with E-state index < -0.39 is 0 Å². The lowest BCUT2D eigenvalue weighted by molar-refractivity contribution is -0.0429. The van der Waals surface area contributed by atoms with E-state index in [-0.39, 0.29) is 5.54 Å². The molecule has 4 saturated carbocycles. The van der Waals surface area contributed by atoms with Crippen LogP contribution in [-0.2, 0) is 18.6 Å². The van der Waals surface area contributed by atoms with Crippen molar-refractivity contribution in [2.45, 2.75) is 64.1 Å². The van der Waals surface area contributed by atoms with Gasteiger partial charge >= 0.3 is 0 Å². The monoisotopic (exact) mass is 391 g/mol. The summed E-state index contributed by atoms with van der Waals surface area (Å²) in [6.45, 7) is 3.30. The summed E-state index contributed by atoms with van der Waals surface area (Å²) >= 11 is 0. The van der Waals surface area contributed by atoms with Gasteiger partial charge in [0, 0.05) is 12.5 Å². The number of nitrogens with zero attached hydrogens (tertiary/aromatic N) is 5. The van der Waals surface area contributed by atoms with E-state index in [1.165, 1.54) is 49.9 Å². The molecule has 0 amide bonds. The first kappa shape index (κ1) is 17.6. The molecule has 0 unspecified atom stereocenters. The fourth-order valence-corrected chi connectivity index (χ4v) is 6.99. The van der Waals surface area contributed by atoms with Crippen LogP contribution >= 0.6 is 0 Å². The molecule has 7 rings (SSSR count). The van der Waals surface area contributed by atoms with Crippen LogP contribution < -0.4 is 0 Å². The smallest absolute Gasteiger partial charge is 0.223 e. The maximum Gasteiger partial charge on any atom is 0.223 e. The first-order valence-corrected chi connectivity index (χ1v) is 11.0. The van der Waals surface area contributed by atoms with E-state index in [0.717, 1.165) is 35.6 Å². The lowest BCUT2D eigenvalue weighted by Crippen LogP contribution is -2.52. The summed E-state index contributed by atoms with van der Waals surface area (Å²) in [6, 6.07) is 8.71. The maximum absolute atomic E-state index is 5.14. The Balaban J connectivity index is 1.38. The molecular weight excluding hydrogens is 362 g/mol. The molecule has 0 spiro atoms. The quantitative estimate of drug-likeness (QED) is 0.649. The fraction of sp³-hybridized carbons (Fsp3) is 0.609. The van der Waals surface area contributed by atoms with Crippen LogP contribution in [0.5, 0.6) is 0 Å². The number of para-hydroxylation sites is 2. The second-order valence-electron chi connectivity index (χ2n) is 9.90. The van der Waals surface area contributed by atoms with E-state index in [9.17, 15) is 0 Å². The van der Waals surface area contributed by atoms with Crippen LogP contribution in [0, 0.1) is 24.7 Å². The van der Waals surface area contributed by atoms with Crippen LogP contribution in [0.3, 0.4) is 0 Å². The van der Waals surface area contributed by atoms with Gasteiger partial charge in [0.05, 0.1) is 24.1 Å². The van der Waals surface area contributed by atoms with Gasteiger partial charge in [-0.25, -0.2) is 4.98 Å². The Morgan fingerprint density at radius 1 is 1.03 bits per heavy atom. The Morgan fingerprint density at radius 2 is 1.72 bits per heavy atom. The van der Waals surface area contributed by atoms with Gasteiger partial charge in [-0.1, -0.05) is 17.3 Å². The predicted molar refractivity (Wildman–Crippen MR) is 110 cm³/mol. The molecule has 6 nitrogen and oxygen atoms in total. The van der Waals surface area contributed by atoms with Crippen LogP contribution in [0.4, 0.5) is 0 Å². The van der Waals surface area contributed by atoms with Gasteiger partial charge in [0.2, 0.25) is 5.89 Å². The molecule has 3 aromatic rings. The largest absolute Gasteiger partial charge is 0.340 e. The van der Waals surface area contributed by atoms with E-state index in [1.54, 1.807) is 0 Å². The van der Waals surface area contributed by atoms with Crippen molar-refractivity contribution in [2.75, 3.05) is 7.05 Å². The Labute approximate surface area is 171 Å². The molecular formula is C23H29N5O. The zero-order valence-electron chi connectivity index (χ0n) is 17.3. The second kappa shape index (κ2) is 6.39. The summed E-state index contributed by atoms with van der Waals surface area (Å²) in [4.78, 5) is 11.7. The standard InChI is InChI=1S/C23H29N5O/c1-15-24-21(26-29-15)13-27(2)14-22-25-19-5-3-4-6-20(19)28(22)23-10-16-7-17(11-23)9-18(8-16)12-23/h3-6,16-18H,7-14H2,1-2H3. The Hall–Kier alpha value is -2.21. The van der Waals surface area contributed by atoms with Crippen molar-refractivity contribution in [1.29, 1.82) is 0 Å². The number of benzene rings is 1. The number of rotatable bonds is 5. The van der Waals surface area contributed by atoms with Crippen LogP contribution in [0.2, 0.25) is 0 Å². The van der Waals surface area contributed by atoms with Gasteiger partial charge in [-0.2, -0.15) is 4.98 Å². The summed E-state index contributed by atoms with van der Waals surface area (Å²) in [5.41, 5.74) is 2.71. The average Bonchev–Trinajstić information content (AvgIpc) is 3.23. The molecule has 2 aromatic heterocycles. The normalized spacial score (nSPS) is 30.7. The molecule has 4 bridgehead atoms. The lowest BCUT2D eigenvalue weighted by Gasteiger charge is -2.57. The van der Waals surface area contributed by atoms with E-state index in [1.807, 2.05) is 6.92 Å². The summed E-state index contributed by atoms with van der Waals surface area (Å²) in [5, 5.41) is 4.06. The Kier molecular flexibility index (Phi) is 3.89. The highest BCUT2D eigenvalue weighted by Gasteiger charge is 2.52. The number of fused-ring (bicyclic) bond motifs is 1. The maximum atomic E-state index is 5.14. The molecule has 0 atom stereocenters. The van der Waals surface area contributed by atoms with E-state index in [0.29, 0.717) is 12.4 Å². The molecule has 2 heterocycles. The second-order valence-corrected chi connectivity index (χ2v) is 9.90. The van der Waals surface area contributed by atoms with E-state index in [4.69, 9.17) is 9.51 Å².